The van der Waals surface area contributed by atoms with Crippen molar-refractivity contribution in [1.29, 1.82) is 0 Å². The topological polar surface area (TPSA) is 57.1 Å². The number of hydrogen-bond donors (Lipinski definition) is 0. The van der Waals surface area contributed by atoms with E-state index in [1.54, 1.807) is 56.7 Å². The van der Waals surface area contributed by atoms with Gasteiger partial charge in [-0.1, -0.05) is 17.7 Å². The van der Waals surface area contributed by atoms with Gasteiger partial charge in [0.2, 0.25) is 5.90 Å². The maximum absolute atomic E-state index is 12.1. The van der Waals surface area contributed by atoms with Gasteiger partial charge < -0.3 is 14.2 Å². The van der Waals surface area contributed by atoms with Crippen molar-refractivity contribution >= 4 is 45.5 Å². The normalized spacial score (nSPS) is 15.1. The number of rotatable bonds is 4. The van der Waals surface area contributed by atoms with Crippen LogP contribution in [-0.4, -0.2) is 26.1 Å². The SMILES string of the molecule is COc1cc(/C=C2\N=C(c3cccc(Cl)c3)OC2=O)cc(Br)c1OC. The fourth-order valence-corrected chi connectivity index (χ4v) is 3.15. The summed E-state index contributed by atoms with van der Waals surface area (Å²) in [7, 11) is 3.09. The van der Waals surface area contributed by atoms with Crippen molar-refractivity contribution in [2.45, 2.75) is 0 Å². The van der Waals surface area contributed by atoms with Gasteiger partial charge in [0.05, 0.1) is 18.7 Å². The number of benzene rings is 2. The van der Waals surface area contributed by atoms with Gasteiger partial charge in [-0.15, -0.1) is 0 Å². The summed E-state index contributed by atoms with van der Waals surface area (Å²) in [5, 5.41) is 0.539. The molecule has 2 aromatic rings. The number of aliphatic imine (C=N–C) groups is 1. The highest BCUT2D eigenvalue weighted by Gasteiger charge is 2.24. The summed E-state index contributed by atoms with van der Waals surface area (Å²) in [6.07, 6.45) is 1.62. The molecule has 5 nitrogen and oxygen atoms in total. The van der Waals surface area contributed by atoms with Crippen LogP contribution in [-0.2, 0) is 9.53 Å². The van der Waals surface area contributed by atoms with E-state index in [1.165, 1.54) is 0 Å². The Morgan fingerprint density at radius 3 is 2.68 bits per heavy atom. The summed E-state index contributed by atoms with van der Waals surface area (Å²) in [6, 6.07) is 10.5. The van der Waals surface area contributed by atoms with Crippen molar-refractivity contribution in [3.8, 4) is 11.5 Å². The van der Waals surface area contributed by atoms with E-state index in [-0.39, 0.29) is 11.6 Å². The molecule has 1 heterocycles. The maximum atomic E-state index is 12.1. The highest BCUT2D eigenvalue weighted by molar-refractivity contribution is 9.10. The van der Waals surface area contributed by atoms with Crippen LogP contribution >= 0.6 is 27.5 Å². The van der Waals surface area contributed by atoms with Crippen molar-refractivity contribution in [2.75, 3.05) is 14.2 Å². The Balaban J connectivity index is 1.98. The van der Waals surface area contributed by atoms with Gasteiger partial charge in [-0.3, -0.25) is 0 Å². The molecular weight excluding hydrogens is 410 g/mol. The lowest BCUT2D eigenvalue weighted by Crippen LogP contribution is -2.05. The number of esters is 1. The molecule has 0 saturated heterocycles. The van der Waals surface area contributed by atoms with Crippen molar-refractivity contribution in [3.05, 3.63) is 62.7 Å². The molecule has 3 rings (SSSR count). The molecule has 0 unspecified atom stereocenters. The third-order valence-electron chi connectivity index (χ3n) is 3.45. The van der Waals surface area contributed by atoms with Crippen LogP contribution in [0.5, 0.6) is 11.5 Å². The summed E-state index contributed by atoms with van der Waals surface area (Å²) in [6.45, 7) is 0. The summed E-state index contributed by atoms with van der Waals surface area (Å²) >= 11 is 9.38. The van der Waals surface area contributed by atoms with Gasteiger partial charge in [0, 0.05) is 10.6 Å². The number of hydrogen-bond acceptors (Lipinski definition) is 5. The molecular formula is C18H13BrClNO4. The van der Waals surface area contributed by atoms with Crippen LogP contribution in [0.3, 0.4) is 0 Å². The smallest absolute Gasteiger partial charge is 0.363 e. The first-order valence-corrected chi connectivity index (χ1v) is 8.39. The first-order chi connectivity index (χ1) is 12.0. The third kappa shape index (κ3) is 3.70. The first-order valence-electron chi connectivity index (χ1n) is 7.22. The van der Waals surface area contributed by atoms with Crippen molar-refractivity contribution in [1.82, 2.24) is 0 Å². The Labute approximate surface area is 158 Å². The van der Waals surface area contributed by atoms with E-state index in [9.17, 15) is 4.79 Å². The highest BCUT2D eigenvalue weighted by Crippen LogP contribution is 2.37. The Morgan fingerprint density at radius 2 is 2.00 bits per heavy atom. The van der Waals surface area contributed by atoms with Crippen LogP contribution in [0.1, 0.15) is 11.1 Å². The van der Waals surface area contributed by atoms with E-state index < -0.39 is 5.97 Å². The Morgan fingerprint density at radius 1 is 1.20 bits per heavy atom. The Kier molecular flexibility index (Phi) is 5.11. The van der Waals surface area contributed by atoms with E-state index in [4.69, 9.17) is 25.8 Å². The zero-order valence-corrected chi connectivity index (χ0v) is 15.7. The molecule has 25 heavy (non-hydrogen) atoms. The molecule has 2 aromatic carbocycles. The lowest BCUT2D eigenvalue weighted by molar-refractivity contribution is -0.129. The molecule has 0 saturated carbocycles. The number of halogens is 2. The molecule has 1 aliphatic rings. The molecule has 7 heteroatoms. The fraction of sp³-hybridized carbons (Fsp3) is 0.111. The molecule has 0 atom stereocenters. The molecule has 128 valence electrons. The number of carbonyl (C=O) groups is 1. The zero-order chi connectivity index (χ0) is 18.0. The summed E-state index contributed by atoms with van der Waals surface area (Å²) in [4.78, 5) is 16.4. The second-order valence-corrected chi connectivity index (χ2v) is 6.38. The standard InChI is InChI=1S/C18H13BrClNO4/c1-23-15-8-10(6-13(19)16(15)24-2)7-14-18(22)25-17(21-14)11-4-3-5-12(20)9-11/h3-9H,1-2H3/b14-7-. The number of ether oxygens (including phenoxy) is 3. The minimum absolute atomic E-state index is 0.189. The van der Waals surface area contributed by atoms with Crippen LogP contribution in [0.15, 0.2) is 51.6 Å². The largest absolute Gasteiger partial charge is 0.493 e. The lowest BCUT2D eigenvalue weighted by atomic mass is 10.1. The monoisotopic (exact) mass is 421 g/mol. The van der Waals surface area contributed by atoms with Crippen LogP contribution in [0.4, 0.5) is 0 Å². The average molecular weight is 423 g/mol. The molecule has 0 aromatic heterocycles. The molecule has 0 aliphatic carbocycles. The van der Waals surface area contributed by atoms with Gasteiger partial charge in [-0.2, -0.15) is 0 Å². The number of nitrogens with zero attached hydrogens (tertiary/aromatic N) is 1. The van der Waals surface area contributed by atoms with E-state index in [1.807, 2.05) is 0 Å². The van der Waals surface area contributed by atoms with Crippen LogP contribution < -0.4 is 9.47 Å². The summed E-state index contributed by atoms with van der Waals surface area (Å²) < 4.78 is 16.5. The van der Waals surface area contributed by atoms with E-state index >= 15 is 0 Å². The summed E-state index contributed by atoms with van der Waals surface area (Å²) in [5.41, 5.74) is 1.54. The average Bonchev–Trinajstić information content (AvgIpc) is 2.95. The first kappa shape index (κ1) is 17.5. The second-order valence-electron chi connectivity index (χ2n) is 5.08. The quantitative estimate of drug-likeness (QED) is 0.539. The molecule has 0 amide bonds. The van der Waals surface area contributed by atoms with Crippen molar-refractivity contribution < 1.29 is 19.0 Å². The molecule has 0 N–H and O–H groups in total. The zero-order valence-electron chi connectivity index (χ0n) is 13.4. The molecule has 0 spiro atoms. The third-order valence-corrected chi connectivity index (χ3v) is 4.28. The predicted molar refractivity (Wildman–Crippen MR) is 99.3 cm³/mol. The number of carbonyl (C=O) groups excluding carboxylic acids is 1. The van der Waals surface area contributed by atoms with Crippen molar-refractivity contribution in [2.24, 2.45) is 4.99 Å². The maximum Gasteiger partial charge on any atom is 0.363 e. The predicted octanol–water partition coefficient (Wildman–Crippen LogP) is 4.46. The molecule has 0 radical (unpaired) electrons. The van der Waals surface area contributed by atoms with Crippen molar-refractivity contribution in [3.63, 3.8) is 0 Å². The number of cyclic esters (lactones) is 1. The second kappa shape index (κ2) is 7.29. The van der Waals surface area contributed by atoms with Crippen LogP contribution in [0.2, 0.25) is 5.02 Å². The Hall–Kier alpha value is -2.31. The van der Waals surface area contributed by atoms with E-state index in [0.29, 0.717) is 32.1 Å². The van der Waals surface area contributed by atoms with E-state index in [2.05, 4.69) is 20.9 Å². The molecule has 1 aliphatic heterocycles. The van der Waals surface area contributed by atoms with Crippen LogP contribution in [0, 0.1) is 0 Å². The van der Waals surface area contributed by atoms with Gasteiger partial charge in [0.25, 0.3) is 0 Å². The van der Waals surface area contributed by atoms with Gasteiger partial charge in [0.15, 0.2) is 17.2 Å². The minimum atomic E-state index is -0.527. The lowest BCUT2D eigenvalue weighted by Gasteiger charge is -2.10. The van der Waals surface area contributed by atoms with E-state index in [0.717, 1.165) is 0 Å². The van der Waals surface area contributed by atoms with Gasteiger partial charge in [-0.25, -0.2) is 9.79 Å². The van der Waals surface area contributed by atoms with Gasteiger partial charge in [0.1, 0.15) is 0 Å². The summed E-state index contributed by atoms with van der Waals surface area (Å²) in [5.74, 6) is 0.801. The van der Waals surface area contributed by atoms with Gasteiger partial charge >= 0.3 is 5.97 Å². The highest BCUT2D eigenvalue weighted by atomic mass is 79.9. The number of methoxy groups -OCH3 is 2. The Bertz CT molecular complexity index is 908. The van der Waals surface area contributed by atoms with Crippen LogP contribution in [0.25, 0.3) is 6.08 Å². The molecule has 0 fully saturated rings. The fourth-order valence-electron chi connectivity index (χ4n) is 2.33. The minimum Gasteiger partial charge on any atom is -0.493 e. The van der Waals surface area contributed by atoms with Gasteiger partial charge in [-0.05, 0) is 57.9 Å². The molecule has 0 bridgehead atoms.